The Morgan fingerprint density at radius 1 is 1.29 bits per heavy atom. The molecule has 1 rings (SSSR count). The highest BCUT2D eigenvalue weighted by molar-refractivity contribution is 6.34. The molecular formula is C10H8Cl2O2. The number of halogens is 2. The molecular weight excluding hydrogens is 223 g/mol. The van der Waals surface area contributed by atoms with Gasteiger partial charge in [0.25, 0.3) is 0 Å². The van der Waals surface area contributed by atoms with Gasteiger partial charge >= 0.3 is 5.97 Å². The van der Waals surface area contributed by atoms with Gasteiger partial charge in [-0.2, -0.15) is 0 Å². The molecule has 0 aromatic heterocycles. The van der Waals surface area contributed by atoms with Crippen molar-refractivity contribution in [2.45, 2.75) is 6.42 Å². The predicted molar refractivity (Wildman–Crippen MR) is 56.9 cm³/mol. The number of aliphatic carboxylic acids is 1. The summed E-state index contributed by atoms with van der Waals surface area (Å²) in [5.41, 5.74) is 0.859. The summed E-state index contributed by atoms with van der Waals surface area (Å²) in [6.07, 6.45) is 0.246. The first-order valence-corrected chi connectivity index (χ1v) is 4.60. The number of carboxylic acid groups (broad SMARTS) is 1. The van der Waals surface area contributed by atoms with E-state index in [1.807, 2.05) is 0 Å². The monoisotopic (exact) mass is 230 g/mol. The van der Waals surface area contributed by atoms with Crippen molar-refractivity contribution in [2.75, 3.05) is 0 Å². The molecule has 14 heavy (non-hydrogen) atoms. The summed E-state index contributed by atoms with van der Waals surface area (Å²) in [5.74, 6) is -1.01. The fraction of sp³-hybridized carbons (Fsp3) is 0.100. The Bertz CT molecular complexity index is 365. The molecule has 0 saturated heterocycles. The van der Waals surface area contributed by atoms with Gasteiger partial charge in [-0.05, 0) is 23.8 Å². The Morgan fingerprint density at radius 3 is 2.21 bits per heavy atom. The van der Waals surface area contributed by atoms with E-state index < -0.39 is 5.97 Å². The molecule has 0 fully saturated rings. The largest absolute Gasteiger partial charge is 0.478 e. The van der Waals surface area contributed by atoms with Crippen LogP contribution in [0.25, 0.3) is 0 Å². The first-order valence-electron chi connectivity index (χ1n) is 3.85. The smallest absolute Gasteiger partial charge is 0.331 e. The molecule has 74 valence electrons. The number of carbonyl (C=O) groups is 1. The van der Waals surface area contributed by atoms with Crippen LogP contribution in [0, 0.1) is 0 Å². The minimum Gasteiger partial charge on any atom is -0.478 e. The third-order valence-corrected chi connectivity index (χ3v) is 2.08. The number of hydrogen-bond acceptors (Lipinski definition) is 1. The van der Waals surface area contributed by atoms with Crippen LogP contribution in [0.3, 0.4) is 0 Å². The Hall–Kier alpha value is -0.990. The molecule has 0 heterocycles. The zero-order valence-electron chi connectivity index (χ0n) is 7.26. The second-order valence-electron chi connectivity index (χ2n) is 2.86. The van der Waals surface area contributed by atoms with Gasteiger partial charge in [0, 0.05) is 22.0 Å². The minimum atomic E-state index is -1.01. The average Bonchev–Trinajstić information content (AvgIpc) is 2.01. The van der Waals surface area contributed by atoms with E-state index in [-0.39, 0.29) is 12.0 Å². The number of benzene rings is 1. The normalized spacial score (nSPS) is 9.86. The molecule has 0 spiro atoms. The van der Waals surface area contributed by atoms with Gasteiger partial charge in [0.2, 0.25) is 0 Å². The van der Waals surface area contributed by atoms with E-state index in [1.54, 1.807) is 18.2 Å². The molecule has 2 nitrogen and oxygen atoms in total. The van der Waals surface area contributed by atoms with Gasteiger partial charge in [0.1, 0.15) is 0 Å². The van der Waals surface area contributed by atoms with Crippen molar-refractivity contribution in [2.24, 2.45) is 0 Å². The van der Waals surface area contributed by atoms with Gasteiger partial charge in [0.15, 0.2) is 0 Å². The summed E-state index contributed by atoms with van der Waals surface area (Å²) >= 11 is 11.5. The van der Waals surface area contributed by atoms with Gasteiger partial charge in [-0.25, -0.2) is 4.79 Å². The summed E-state index contributed by atoms with van der Waals surface area (Å²) in [7, 11) is 0. The number of hydrogen-bond donors (Lipinski definition) is 1. The third kappa shape index (κ3) is 3.05. The maximum Gasteiger partial charge on any atom is 0.331 e. The second kappa shape index (κ2) is 4.49. The molecule has 0 unspecified atom stereocenters. The summed E-state index contributed by atoms with van der Waals surface area (Å²) < 4.78 is 0. The average molecular weight is 231 g/mol. The van der Waals surface area contributed by atoms with E-state index in [0.29, 0.717) is 10.0 Å². The summed E-state index contributed by atoms with van der Waals surface area (Å²) in [4.78, 5) is 10.5. The standard InChI is InChI=1S/C10H8Cl2O2/c1-6(10(13)14)2-7-3-8(11)5-9(12)4-7/h3-5H,1-2H2,(H,13,14). The van der Waals surface area contributed by atoms with Gasteiger partial charge in [-0.3, -0.25) is 0 Å². The van der Waals surface area contributed by atoms with E-state index in [0.717, 1.165) is 5.56 Å². The molecule has 0 radical (unpaired) electrons. The lowest BCUT2D eigenvalue weighted by atomic mass is 10.1. The van der Waals surface area contributed by atoms with Gasteiger partial charge < -0.3 is 5.11 Å². The number of carboxylic acids is 1. The van der Waals surface area contributed by atoms with Crippen LogP contribution in [0.4, 0.5) is 0 Å². The van der Waals surface area contributed by atoms with E-state index in [4.69, 9.17) is 28.3 Å². The summed E-state index contributed by atoms with van der Waals surface area (Å²) in [6.45, 7) is 3.42. The van der Waals surface area contributed by atoms with Crippen LogP contribution in [0.2, 0.25) is 10.0 Å². The maximum atomic E-state index is 10.5. The van der Waals surface area contributed by atoms with Crippen LogP contribution < -0.4 is 0 Å². The van der Waals surface area contributed by atoms with Crippen LogP contribution in [0.1, 0.15) is 5.56 Å². The highest BCUT2D eigenvalue weighted by Crippen LogP contribution is 2.20. The van der Waals surface area contributed by atoms with Crippen molar-refractivity contribution in [3.8, 4) is 0 Å². The zero-order valence-corrected chi connectivity index (χ0v) is 8.77. The summed E-state index contributed by atoms with van der Waals surface area (Å²) in [5, 5.41) is 9.60. The van der Waals surface area contributed by atoms with E-state index in [2.05, 4.69) is 6.58 Å². The fourth-order valence-electron chi connectivity index (χ4n) is 1.04. The summed E-state index contributed by atoms with van der Waals surface area (Å²) in [6, 6.07) is 4.93. The van der Waals surface area contributed by atoms with Gasteiger partial charge in [-0.1, -0.05) is 29.8 Å². The highest BCUT2D eigenvalue weighted by atomic mass is 35.5. The Labute approximate surface area is 91.8 Å². The zero-order chi connectivity index (χ0) is 10.7. The topological polar surface area (TPSA) is 37.3 Å². The first-order chi connectivity index (χ1) is 6.49. The van der Waals surface area contributed by atoms with E-state index >= 15 is 0 Å². The van der Waals surface area contributed by atoms with Crippen LogP contribution in [0.5, 0.6) is 0 Å². The molecule has 0 aliphatic carbocycles. The van der Waals surface area contributed by atoms with Crippen LogP contribution in [-0.4, -0.2) is 11.1 Å². The number of rotatable bonds is 3. The lowest BCUT2D eigenvalue weighted by Crippen LogP contribution is -2.02. The molecule has 0 amide bonds. The molecule has 0 atom stereocenters. The minimum absolute atomic E-state index is 0.114. The quantitative estimate of drug-likeness (QED) is 0.811. The van der Waals surface area contributed by atoms with Crippen molar-refractivity contribution < 1.29 is 9.90 Å². The third-order valence-electron chi connectivity index (χ3n) is 1.64. The molecule has 1 aromatic rings. The molecule has 0 aliphatic rings. The van der Waals surface area contributed by atoms with Crippen LogP contribution in [0.15, 0.2) is 30.4 Å². The predicted octanol–water partition coefficient (Wildman–Crippen LogP) is 3.18. The Morgan fingerprint density at radius 2 is 1.79 bits per heavy atom. The first kappa shape index (κ1) is 11.1. The molecule has 1 aromatic carbocycles. The molecule has 1 N–H and O–H groups in total. The van der Waals surface area contributed by atoms with Crippen LogP contribution in [-0.2, 0) is 11.2 Å². The SMILES string of the molecule is C=C(Cc1cc(Cl)cc(Cl)c1)C(=O)O. The molecule has 4 heteroatoms. The van der Waals surface area contributed by atoms with Gasteiger partial charge in [-0.15, -0.1) is 0 Å². The Kier molecular flexibility index (Phi) is 3.55. The molecule has 0 saturated carbocycles. The second-order valence-corrected chi connectivity index (χ2v) is 3.74. The maximum absolute atomic E-state index is 10.5. The van der Waals surface area contributed by atoms with Crippen molar-refractivity contribution in [1.29, 1.82) is 0 Å². The molecule has 0 bridgehead atoms. The van der Waals surface area contributed by atoms with E-state index in [1.165, 1.54) is 0 Å². The van der Waals surface area contributed by atoms with Crippen molar-refractivity contribution in [1.82, 2.24) is 0 Å². The lowest BCUT2D eigenvalue weighted by molar-refractivity contribution is -0.132. The van der Waals surface area contributed by atoms with Crippen LogP contribution >= 0.6 is 23.2 Å². The van der Waals surface area contributed by atoms with Gasteiger partial charge in [0.05, 0.1) is 0 Å². The molecule has 0 aliphatic heterocycles. The fourth-order valence-corrected chi connectivity index (χ4v) is 1.61. The van der Waals surface area contributed by atoms with Crippen molar-refractivity contribution in [3.05, 3.63) is 46.0 Å². The lowest BCUT2D eigenvalue weighted by Gasteiger charge is -2.02. The highest BCUT2D eigenvalue weighted by Gasteiger charge is 2.06. The Balaban J connectivity index is 2.87. The van der Waals surface area contributed by atoms with Crippen molar-refractivity contribution in [3.63, 3.8) is 0 Å². The van der Waals surface area contributed by atoms with E-state index in [9.17, 15) is 4.79 Å². The van der Waals surface area contributed by atoms with Crippen molar-refractivity contribution >= 4 is 29.2 Å².